The molecule has 0 atom stereocenters. The Morgan fingerprint density at radius 1 is 0.319 bits per heavy atom. The summed E-state index contributed by atoms with van der Waals surface area (Å²) in [5.41, 5.74) is 21.2. The lowest BCUT2D eigenvalue weighted by Gasteiger charge is -2.18. The van der Waals surface area contributed by atoms with Gasteiger partial charge in [-0.3, -0.25) is 28.8 Å². The first kappa shape index (κ1) is 75.8. The zero-order valence-corrected chi connectivity index (χ0v) is 43.2. The maximum atomic E-state index is 11.4. The molecule has 0 saturated carbocycles. The monoisotopic (exact) mass is 1030 g/mol. The van der Waals surface area contributed by atoms with Crippen LogP contribution in [0.15, 0.2) is 75.9 Å². The number of rotatable bonds is 45. The number of ether oxygens (including phenoxy) is 6. The summed E-state index contributed by atoms with van der Waals surface area (Å²) in [6, 6.07) is 0. The van der Waals surface area contributed by atoms with Crippen LogP contribution in [0.25, 0.3) is 0 Å². The molecule has 0 bridgehead atoms. The molecule has 72 heavy (non-hydrogen) atoms. The van der Waals surface area contributed by atoms with Crippen molar-refractivity contribution in [3.8, 4) is 0 Å². The van der Waals surface area contributed by atoms with E-state index in [0.29, 0.717) is 145 Å². The summed E-state index contributed by atoms with van der Waals surface area (Å²) in [5.74, 6) is -3.45. The fourth-order valence-electron chi connectivity index (χ4n) is 4.71. The van der Waals surface area contributed by atoms with Gasteiger partial charge in [-0.1, -0.05) is 36.5 Å². The summed E-state index contributed by atoms with van der Waals surface area (Å²) in [6.07, 6.45) is 12.9. The molecule has 0 rings (SSSR count). The van der Waals surface area contributed by atoms with Crippen molar-refractivity contribution >= 4 is 35.6 Å². The average Bonchev–Trinajstić information content (AvgIpc) is 3.35. The van der Waals surface area contributed by atoms with Crippen molar-refractivity contribution in [3.63, 3.8) is 0 Å². The molecule has 0 saturated heterocycles. The quantitative estimate of drug-likeness (QED) is 0.0340. The van der Waals surface area contributed by atoms with E-state index in [1.807, 2.05) is 0 Å². The highest BCUT2D eigenvalue weighted by Gasteiger charge is 2.14. The third kappa shape index (κ3) is 64.9. The number of amides is 3. The van der Waals surface area contributed by atoms with Crippen LogP contribution in [-0.4, -0.2) is 210 Å². The van der Waals surface area contributed by atoms with Gasteiger partial charge < -0.3 is 81.4 Å². The van der Waals surface area contributed by atoms with Crippen molar-refractivity contribution in [2.75, 3.05) is 145 Å². The Kier molecular flexibility index (Phi) is 67.2. The minimum Gasteiger partial charge on any atom is -0.481 e. The summed E-state index contributed by atoms with van der Waals surface area (Å²) >= 11 is 0. The van der Waals surface area contributed by atoms with Crippen LogP contribution >= 0.6 is 0 Å². The first-order chi connectivity index (χ1) is 34.7. The summed E-state index contributed by atoms with van der Waals surface area (Å²) in [6.45, 7) is 34.2. The number of hydrogen-bond acceptors (Lipinski definition) is 16. The third-order valence-electron chi connectivity index (χ3n) is 8.27. The summed E-state index contributed by atoms with van der Waals surface area (Å²) in [7, 11) is 0. The van der Waals surface area contributed by atoms with E-state index in [0.717, 1.165) is 25.7 Å². The van der Waals surface area contributed by atoms with Crippen molar-refractivity contribution in [3.05, 3.63) is 75.9 Å². The molecule has 0 unspecified atom stereocenters. The second kappa shape index (κ2) is 63.9. The zero-order chi connectivity index (χ0) is 55.3. The number of aliphatic carboxylic acids is 3. The Labute approximate surface area is 429 Å². The number of hydrogen-bond donors (Lipinski definition) is 7. The summed E-state index contributed by atoms with van der Waals surface area (Å²) in [4.78, 5) is 69.4. The van der Waals surface area contributed by atoms with Gasteiger partial charge in [0.25, 0.3) is 0 Å². The molecule has 3 amide bonds. The second-order valence-corrected chi connectivity index (χ2v) is 14.6. The SMILES string of the molecule is C=CCN(CC=C)C(=O)CCC(=O)O.C=CCN(CC=C)C(=O)CCC(=O)O.C=CCN(CC=C)C(=O)CCC(=O)O.NCCCOCCOCCOCCCN.NCCCOCCOCCOCCCN. The molecule has 0 aromatic carbocycles. The topological polar surface area (TPSA) is 332 Å². The van der Waals surface area contributed by atoms with Gasteiger partial charge in [0, 0.05) is 85.0 Å². The Morgan fingerprint density at radius 2 is 0.486 bits per heavy atom. The van der Waals surface area contributed by atoms with Crippen molar-refractivity contribution in [1.29, 1.82) is 0 Å². The standard InChI is InChI=1S/2C10H24N2O3.3C10H15NO3/c2*11-3-1-5-13-7-9-15-10-8-14-6-2-4-12;3*1-3-7-11(8-4-2)9(12)5-6-10(13)14/h2*1-12H2;3*3-4H,1-2,5-8H2,(H,13,14). The van der Waals surface area contributed by atoms with E-state index >= 15 is 0 Å². The van der Waals surface area contributed by atoms with Gasteiger partial charge in [0.1, 0.15) is 0 Å². The fourth-order valence-corrected chi connectivity index (χ4v) is 4.71. The molecule has 11 N–H and O–H groups in total. The average molecular weight is 1030 g/mol. The Bertz CT molecular complexity index is 1190. The van der Waals surface area contributed by atoms with Crippen molar-refractivity contribution in [2.24, 2.45) is 22.9 Å². The van der Waals surface area contributed by atoms with Crippen LogP contribution in [0.3, 0.4) is 0 Å². The van der Waals surface area contributed by atoms with Gasteiger partial charge in [-0.2, -0.15) is 0 Å². The third-order valence-corrected chi connectivity index (χ3v) is 8.27. The lowest BCUT2D eigenvalue weighted by atomic mass is 10.2. The first-order valence-corrected chi connectivity index (χ1v) is 24.1. The predicted molar refractivity (Wildman–Crippen MR) is 281 cm³/mol. The second-order valence-electron chi connectivity index (χ2n) is 14.6. The van der Waals surface area contributed by atoms with Gasteiger partial charge in [0.05, 0.1) is 72.1 Å². The van der Waals surface area contributed by atoms with E-state index in [9.17, 15) is 28.8 Å². The molecule has 0 aromatic heterocycles. The fraction of sp³-hybridized carbons (Fsp3) is 0.640. The van der Waals surface area contributed by atoms with Gasteiger partial charge in [-0.15, -0.1) is 39.5 Å². The van der Waals surface area contributed by atoms with E-state index in [-0.39, 0.29) is 56.2 Å². The van der Waals surface area contributed by atoms with Crippen LogP contribution in [0.2, 0.25) is 0 Å². The zero-order valence-electron chi connectivity index (χ0n) is 43.2. The highest BCUT2D eigenvalue weighted by atomic mass is 16.5. The van der Waals surface area contributed by atoms with E-state index in [1.165, 1.54) is 14.7 Å². The lowest BCUT2D eigenvalue weighted by molar-refractivity contribution is -0.140. The number of nitrogens with zero attached hydrogens (tertiary/aromatic N) is 3. The molecule has 0 aliphatic heterocycles. The van der Waals surface area contributed by atoms with Crippen LogP contribution in [-0.2, 0) is 57.2 Å². The molecular formula is C50H93N7O15. The molecule has 0 aliphatic rings. The van der Waals surface area contributed by atoms with E-state index < -0.39 is 17.9 Å². The number of carboxylic acids is 3. The predicted octanol–water partition coefficient (Wildman–Crippen LogP) is 2.62. The van der Waals surface area contributed by atoms with Gasteiger partial charge in [-0.25, -0.2) is 0 Å². The molecule has 0 radical (unpaired) electrons. The van der Waals surface area contributed by atoms with Crippen LogP contribution in [0.4, 0.5) is 0 Å². The van der Waals surface area contributed by atoms with Gasteiger partial charge in [-0.05, 0) is 51.9 Å². The molecule has 0 aliphatic carbocycles. The van der Waals surface area contributed by atoms with Gasteiger partial charge in [0.15, 0.2) is 0 Å². The minimum absolute atomic E-state index is 0.0248. The maximum Gasteiger partial charge on any atom is 0.303 e. The largest absolute Gasteiger partial charge is 0.481 e. The minimum atomic E-state index is -0.962. The number of carbonyl (C=O) groups excluding carboxylic acids is 3. The lowest BCUT2D eigenvalue weighted by Crippen LogP contribution is -2.31. The van der Waals surface area contributed by atoms with Gasteiger partial charge >= 0.3 is 17.9 Å². The molecule has 22 heteroatoms. The normalized spacial score (nSPS) is 9.83. The molecule has 0 fully saturated rings. The number of nitrogens with two attached hydrogens (primary N) is 4. The van der Waals surface area contributed by atoms with Gasteiger partial charge in [0.2, 0.25) is 17.7 Å². The summed E-state index contributed by atoms with van der Waals surface area (Å²) in [5, 5.41) is 25.2. The first-order valence-electron chi connectivity index (χ1n) is 24.1. The Morgan fingerprint density at radius 3 is 0.625 bits per heavy atom. The van der Waals surface area contributed by atoms with Crippen LogP contribution < -0.4 is 22.9 Å². The molecular weight excluding hydrogens is 939 g/mol. The molecule has 418 valence electrons. The molecule has 0 aromatic rings. The van der Waals surface area contributed by atoms with Crippen molar-refractivity contribution in [2.45, 2.75) is 64.2 Å². The Balaban J connectivity index is -0.000000260. The molecule has 0 spiro atoms. The van der Waals surface area contributed by atoms with Crippen LogP contribution in [0.1, 0.15) is 64.2 Å². The van der Waals surface area contributed by atoms with Crippen molar-refractivity contribution in [1.82, 2.24) is 14.7 Å². The number of carboxylic acid groups (broad SMARTS) is 3. The van der Waals surface area contributed by atoms with Crippen LogP contribution in [0.5, 0.6) is 0 Å². The number of carbonyl (C=O) groups is 6. The van der Waals surface area contributed by atoms with E-state index in [2.05, 4.69) is 39.5 Å². The highest BCUT2D eigenvalue weighted by molar-refractivity contribution is 5.82. The van der Waals surface area contributed by atoms with E-state index in [1.54, 1.807) is 36.5 Å². The van der Waals surface area contributed by atoms with E-state index in [4.69, 9.17) is 66.7 Å². The smallest absolute Gasteiger partial charge is 0.303 e. The highest BCUT2D eigenvalue weighted by Crippen LogP contribution is 2.01. The summed E-state index contributed by atoms with van der Waals surface area (Å²) < 4.78 is 31.6. The van der Waals surface area contributed by atoms with Crippen molar-refractivity contribution < 1.29 is 72.5 Å². The maximum absolute atomic E-state index is 11.4. The van der Waals surface area contributed by atoms with Crippen LogP contribution in [0, 0.1) is 0 Å². The molecule has 22 nitrogen and oxygen atoms in total. The molecule has 0 heterocycles. The Hall–Kier alpha value is -5.14.